The molecule has 3 heterocycles. The first-order chi connectivity index (χ1) is 12.5. The number of hydrogen-bond donors (Lipinski definition) is 1. The Morgan fingerprint density at radius 2 is 2.27 bits per heavy atom. The average Bonchev–Trinajstić information content (AvgIpc) is 3.13. The number of thiophene rings is 1. The minimum atomic E-state index is -0.473. The highest BCUT2D eigenvalue weighted by Gasteiger charge is 2.26. The van der Waals surface area contributed by atoms with E-state index >= 15 is 0 Å². The van der Waals surface area contributed by atoms with Gasteiger partial charge in [-0.2, -0.15) is 9.78 Å². The summed E-state index contributed by atoms with van der Waals surface area (Å²) in [5.41, 5.74) is 7.77. The number of aryl methyl sites for hydroxylation is 2. The van der Waals surface area contributed by atoms with Crippen LogP contribution in [0.2, 0.25) is 0 Å². The molecule has 0 amide bonds. The summed E-state index contributed by atoms with van der Waals surface area (Å²) in [6.07, 6.45) is 4.66. The minimum Gasteiger partial charge on any atom is -0.462 e. The monoisotopic (exact) mass is 371 g/mol. The van der Waals surface area contributed by atoms with Gasteiger partial charge in [0.25, 0.3) is 0 Å². The van der Waals surface area contributed by atoms with Crippen molar-refractivity contribution < 1.29 is 9.53 Å². The Bertz CT molecular complexity index is 1010. The zero-order chi connectivity index (χ0) is 18.4. The molecule has 2 N–H and O–H groups in total. The first-order valence-electron chi connectivity index (χ1n) is 8.79. The second-order valence-corrected chi connectivity index (χ2v) is 7.79. The highest BCUT2D eigenvalue weighted by molar-refractivity contribution is 7.18. The number of carbonyl (C=O) groups is 1. The van der Waals surface area contributed by atoms with Crippen LogP contribution in [0.15, 0.2) is 6.20 Å². The number of aromatic nitrogens is 4. The molecule has 0 saturated heterocycles. The van der Waals surface area contributed by atoms with E-state index in [4.69, 9.17) is 10.5 Å². The fourth-order valence-electron chi connectivity index (χ4n) is 3.47. The SMILES string of the molecule is CCOC(=O)c1cnn(-c2nc(C)nc3sc4c(c23)CCC(C)C4)c1N. The number of fused-ring (bicyclic) bond motifs is 3. The van der Waals surface area contributed by atoms with Gasteiger partial charge in [0.15, 0.2) is 5.82 Å². The minimum absolute atomic E-state index is 0.243. The Balaban J connectivity index is 1.91. The molecule has 0 aliphatic heterocycles. The third-order valence-electron chi connectivity index (χ3n) is 4.75. The van der Waals surface area contributed by atoms with Crippen molar-refractivity contribution in [2.24, 2.45) is 5.92 Å². The molecule has 1 aliphatic carbocycles. The molecular formula is C18H21N5O2S. The van der Waals surface area contributed by atoms with Crippen molar-refractivity contribution in [1.82, 2.24) is 19.7 Å². The molecule has 0 aromatic carbocycles. The summed E-state index contributed by atoms with van der Waals surface area (Å²) >= 11 is 1.73. The third kappa shape index (κ3) is 2.65. The van der Waals surface area contributed by atoms with Crippen molar-refractivity contribution in [1.29, 1.82) is 0 Å². The Morgan fingerprint density at radius 1 is 1.46 bits per heavy atom. The second-order valence-electron chi connectivity index (χ2n) is 6.70. The van der Waals surface area contributed by atoms with Gasteiger partial charge in [0.2, 0.25) is 0 Å². The van der Waals surface area contributed by atoms with Gasteiger partial charge in [-0.15, -0.1) is 11.3 Å². The molecule has 0 bridgehead atoms. The summed E-state index contributed by atoms with van der Waals surface area (Å²) in [5, 5.41) is 5.34. The van der Waals surface area contributed by atoms with Gasteiger partial charge in [0.05, 0.1) is 18.2 Å². The van der Waals surface area contributed by atoms with E-state index in [9.17, 15) is 4.79 Å². The van der Waals surface area contributed by atoms with Crippen molar-refractivity contribution in [2.45, 2.75) is 40.0 Å². The number of carbonyl (C=O) groups excluding carboxylic acids is 1. The Kier molecular flexibility index (Phi) is 4.14. The molecule has 0 fully saturated rings. The van der Waals surface area contributed by atoms with E-state index in [0.29, 0.717) is 17.6 Å². The maximum absolute atomic E-state index is 12.1. The number of nitrogens with zero attached hydrogens (tertiary/aromatic N) is 4. The summed E-state index contributed by atoms with van der Waals surface area (Å²) in [6, 6.07) is 0. The molecule has 1 atom stereocenters. The van der Waals surface area contributed by atoms with Crippen molar-refractivity contribution in [3.05, 3.63) is 28.0 Å². The van der Waals surface area contributed by atoms with Crippen LogP contribution in [0, 0.1) is 12.8 Å². The Hall–Kier alpha value is -2.48. The number of nitrogen functional groups attached to an aromatic ring is 1. The van der Waals surface area contributed by atoms with Gasteiger partial charge in [-0.3, -0.25) is 0 Å². The fourth-order valence-corrected chi connectivity index (χ4v) is 4.90. The van der Waals surface area contributed by atoms with Crippen LogP contribution in [-0.2, 0) is 17.6 Å². The van der Waals surface area contributed by atoms with Crippen LogP contribution in [0.1, 0.15) is 46.9 Å². The number of anilines is 1. The fraction of sp³-hybridized carbons (Fsp3) is 0.444. The van der Waals surface area contributed by atoms with Gasteiger partial charge in [0.1, 0.15) is 22.0 Å². The summed E-state index contributed by atoms with van der Waals surface area (Å²) in [7, 11) is 0. The molecule has 26 heavy (non-hydrogen) atoms. The lowest BCUT2D eigenvalue weighted by atomic mass is 9.89. The van der Waals surface area contributed by atoms with Crippen LogP contribution in [0.25, 0.3) is 16.0 Å². The van der Waals surface area contributed by atoms with E-state index in [1.165, 1.54) is 21.3 Å². The van der Waals surface area contributed by atoms with E-state index in [0.717, 1.165) is 29.5 Å². The molecule has 0 spiro atoms. The molecule has 0 saturated carbocycles. The molecular weight excluding hydrogens is 350 g/mol. The van der Waals surface area contributed by atoms with Crippen molar-refractivity contribution in [2.75, 3.05) is 12.3 Å². The van der Waals surface area contributed by atoms with E-state index in [1.54, 1.807) is 18.3 Å². The number of nitrogens with two attached hydrogens (primary N) is 1. The van der Waals surface area contributed by atoms with Crippen LogP contribution in [-0.4, -0.2) is 32.3 Å². The number of hydrogen-bond acceptors (Lipinski definition) is 7. The largest absolute Gasteiger partial charge is 0.462 e. The summed E-state index contributed by atoms with van der Waals surface area (Å²) in [5.74, 6) is 1.75. The molecule has 136 valence electrons. The average molecular weight is 371 g/mol. The Labute approximate surface area is 155 Å². The van der Waals surface area contributed by atoms with Crippen LogP contribution in [0.3, 0.4) is 0 Å². The first-order valence-corrected chi connectivity index (χ1v) is 9.61. The van der Waals surface area contributed by atoms with Gasteiger partial charge >= 0.3 is 5.97 Å². The molecule has 0 radical (unpaired) electrons. The predicted octanol–water partition coefficient (Wildman–Crippen LogP) is 3.07. The summed E-state index contributed by atoms with van der Waals surface area (Å²) in [4.78, 5) is 23.6. The zero-order valence-electron chi connectivity index (χ0n) is 15.1. The zero-order valence-corrected chi connectivity index (χ0v) is 15.9. The Morgan fingerprint density at radius 3 is 3.04 bits per heavy atom. The van der Waals surface area contributed by atoms with Crippen LogP contribution in [0.4, 0.5) is 5.82 Å². The van der Waals surface area contributed by atoms with Crippen LogP contribution >= 0.6 is 11.3 Å². The lowest BCUT2D eigenvalue weighted by molar-refractivity contribution is 0.0527. The van der Waals surface area contributed by atoms with Gasteiger partial charge in [-0.1, -0.05) is 6.92 Å². The molecule has 8 heteroatoms. The molecule has 7 nitrogen and oxygen atoms in total. The van der Waals surface area contributed by atoms with Crippen molar-refractivity contribution in [3.8, 4) is 5.82 Å². The maximum atomic E-state index is 12.1. The number of rotatable bonds is 3. The van der Waals surface area contributed by atoms with Gasteiger partial charge in [-0.25, -0.2) is 14.8 Å². The number of esters is 1. The summed E-state index contributed by atoms with van der Waals surface area (Å²) in [6.45, 7) is 6.18. The predicted molar refractivity (Wildman–Crippen MR) is 101 cm³/mol. The lowest BCUT2D eigenvalue weighted by Crippen LogP contribution is -2.12. The van der Waals surface area contributed by atoms with Gasteiger partial charge < -0.3 is 10.5 Å². The van der Waals surface area contributed by atoms with E-state index in [1.807, 2.05) is 6.92 Å². The quantitative estimate of drug-likeness (QED) is 0.711. The first kappa shape index (κ1) is 17.0. The smallest absolute Gasteiger partial charge is 0.343 e. The van der Waals surface area contributed by atoms with E-state index in [2.05, 4.69) is 22.0 Å². The van der Waals surface area contributed by atoms with E-state index < -0.39 is 5.97 Å². The second kappa shape index (κ2) is 6.35. The third-order valence-corrected chi connectivity index (χ3v) is 5.90. The van der Waals surface area contributed by atoms with Crippen molar-refractivity contribution >= 4 is 33.3 Å². The highest BCUT2D eigenvalue weighted by Crippen LogP contribution is 2.39. The highest BCUT2D eigenvalue weighted by atomic mass is 32.1. The molecule has 3 aromatic rings. The molecule has 4 rings (SSSR count). The summed E-state index contributed by atoms with van der Waals surface area (Å²) < 4.78 is 6.59. The number of ether oxygens (including phenoxy) is 1. The topological polar surface area (TPSA) is 95.9 Å². The normalized spacial score (nSPS) is 16.7. The van der Waals surface area contributed by atoms with Crippen LogP contribution in [0.5, 0.6) is 0 Å². The molecule has 1 unspecified atom stereocenters. The van der Waals surface area contributed by atoms with Gasteiger partial charge in [0, 0.05) is 4.88 Å². The van der Waals surface area contributed by atoms with Gasteiger partial charge in [-0.05, 0) is 44.6 Å². The maximum Gasteiger partial charge on any atom is 0.343 e. The molecule has 3 aromatic heterocycles. The van der Waals surface area contributed by atoms with E-state index in [-0.39, 0.29) is 18.0 Å². The van der Waals surface area contributed by atoms with Crippen LogP contribution < -0.4 is 5.73 Å². The standard InChI is InChI=1S/C18H21N5O2S/c1-4-25-18(24)12-8-20-23(15(12)19)16-14-11-6-5-9(2)7-13(11)26-17(14)22-10(3)21-16/h8-9H,4-7,19H2,1-3H3. The lowest BCUT2D eigenvalue weighted by Gasteiger charge is -2.18. The molecule has 1 aliphatic rings. The van der Waals surface area contributed by atoms with Crippen molar-refractivity contribution in [3.63, 3.8) is 0 Å².